The summed E-state index contributed by atoms with van der Waals surface area (Å²) in [5.74, 6) is 1.04. The SMILES string of the molecule is CC1OCc2cc(O)ccc2O1. The van der Waals surface area contributed by atoms with Crippen LogP contribution in [0.25, 0.3) is 0 Å². The molecule has 3 nitrogen and oxygen atoms in total. The molecule has 0 saturated carbocycles. The molecule has 1 aromatic carbocycles. The van der Waals surface area contributed by atoms with Crippen LogP contribution in [0.5, 0.6) is 11.5 Å². The third kappa shape index (κ3) is 1.23. The second-order valence-electron chi connectivity index (χ2n) is 2.79. The Kier molecular flexibility index (Phi) is 1.66. The van der Waals surface area contributed by atoms with Crippen molar-refractivity contribution in [2.45, 2.75) is 19.8 Å². The topological polar surface area (TPSA) is 38.7 Å². The highest BCUT2D eigenvalue weighted by Crippen LogP contribution is 2.28. The Labute approximate surface area is 70.5 Å². The number of fused-ring (bicyclic) bond motifs is 1. The van der Waals surface area contributed by atoms with Crippen LogP contribution in [0.2, 0.25) is 0 Å². The Hall–Kier alpha value is -1.22. The van der Waals surface area contributed by atoms with Crippen molar-refractivity contribution in [2.75, 3.05) is 0 Å². The minimum Gasteiger partial charge on any atom is -0.508 e. The lowest BCUT2D eigenvalue weighted by Crippen LogP contribution is -2.21. The fourth-order valence-electron chi connectivity index (χ4n) is 1.21. The fourth-order valence-corrected chi connectivity index (χ4v) is 1.21. The third-order valence-corrected chi connectivity index (χ3v) is 1.81. The van der Waals surface area contributed by atoms with E-state index in [1.54, 1.807) is 18.2 Å². The molecule has 1 atom stereocenters. The van der Waals surface area contributed by atoms with E-state index in [9.17, 15) is 0 Å². The largest absolute Gasteiger partial charge is 0.508 e. The van der Waals surface area contributed by atoms with Crippen LogP contribution in [-0.2, 0) is 11.3 Å². The van der Waals surface area contributed by atoms with E-state index in [0.717, 1.165) is 11.3 Å². The van der Waals surface area contributed by atoms with E-state index in [-0.39, 0.29) is 12.0 Å². The first-order chi connectivity index (χ1) is 5.75. The van der Waals surface area contributed by atoms with Gasteiger partial charge < -0.3 is 14.6 Å². The zero-order valence-corrected chi connectivity index (χ0v) is 6.78. The third-order valence-electron chi connectivity index (χ3n) is 1.81. The number of rotatable bonds is 0. The summed E-state index contributed by atoms with van der Waals surface area (Å²) in [5, 5.41) is 9.14. The van der Waals surface area contributed by atoms with Gasteiger partial charge in [-0.25, -0.2) is 0 Å². The number of benzene rings is 1. The molecule has 0 amide bonds. The summed E-state index contributed by atoms with van der Waals surface area (Å²) in [6.07, 6.45) is -0.193. The highest BCUT2D eigenvalue weighted by Gasteiger charge is 2.15. The van der Waals surface area contributed by atoms with Gasteiger partial charge in [-0.3, -0.25) is 0 Å². The van der Waals surface area contributed by atoms with E-state index in [4.69, 9.17) is 14.6 Å². The monoisotopic (exact) mass is 166 g/mol. The lowest BCUT2D eigenvalue weighted by atomic mass is 10.2. The van der Waals surface area contributed by atoms with Gasteiger partial charge in [-0.15, -0.1) is 0 Å². The highest BCUT2D eigenvalue weighted by molar-refractivity contribution is 5.39. The lowest BCUT2D eigenvalue weighted by molar-refractivity contribution is -0.0944. The zero-order valence-electron chi connectivity index (χ0n) is 6.78. The normalized spacial score (nSPS) is 21.2. The molecule has 0 radical (unpaired) electrons. The Morgan fingerprint density at radius 3 is 3.17 bits per heavy atom. The zero-order chi connectivity index (χ0) is 8.55. The van der Waals surface area contributed by atoms with Crippen molar-refractivity contribution in [3.8, 4) is 11.5 Å². The van der Waals surface area contributed by atoms with E-state index >= 15 is 0 Å². The number of aromatic hydroxyl groups is 1. The van der Waals surface area contributed by atoms with Crippen LogP contribution in [-0.4, -0.2) is 11.4 Å². The molecule has 0 bridgehead atoms. The second-order valence-corrected chi connectivity index (χ2v) is 2.79. The molecule has 0 fully saturated rings. The Bertz CT molecular complexity index is 296. The fraction of sp³-hybridized carbons (Fsp3) is 0.333. The van der Waals surface area contributed by atoms with Crippen LogP contribution in [0.3, 0.4) is 0 Å². The molecule has 1 aliphatic heterocycles. The van der Waals surface area contributed by atoms with Gasteiger partial charge in [-0.05, 0) is 25.1 Å². The van der Waals surface area contributed by atoms with E-state index in [1.807, 2.05) is 6.92 Å². The van der Waals surface area contributed by atoms with Gasteiger partial charge in [-0.2, -0.15) is 0 Å². The lowest BCUT2D eigenvalue weighted by Gasteiger charge is -2.23. The first-order valence-corrected chi connectivity index (χ1v) is 3.86. The number of phenolic OH excluding ortho intramolecular Hbond substituents is 1. The molecule has 1 N–H and O–H groups in total. The highest BCUT2D eigenvalue weighted by atomic mass is 16.7. The molecule has 0 saturated heterocycles. The maximum atomic E-state index is 9.14. The molecule has 0 aromatic heterocycles. The van der Waals surface area contributed by atoms with Gasteiger partial charge in [0.15, 0.2) is 6.29 Å². The quantitative estimate of drug-likeness (QED) is 0.636. The van der Waals surface area contributed by atoms with Crippen molar-refractivity contribution in [1.29, 1.82) is 0 Å². The predicted octanol–water partition coefficient (Wildman–Crippen LogP) is 1.65. The van der Waals surface area contributed by atoms with Gasteiger partial charge in [0.1, 0.15) is 11.5 Å². The molecule has 64 valence electrons. The summed E-state index contributed by atoms with van der Waals surface area (Å²) in [6, 6.07) is 5.02. The first-order valence-electron chi connectivity index (χ1n) is 3.86. The van der Waals surface area contributed by atoms with Crippen molar-refractivity contribution in [3.05, 3.63) is 23.8 Å². The molecule has 0 aliphatic carbocycles. The number of phenols is 1. The standard InChI is InChI=1S/C9H10O3/c1-6-11-5-7-4-8(10)2-3-9(7)12-6/h2-4,6,10H,5H2,1H3. The smallest absolute Gasteiger partial charge is 0.197 e. The van der Waals surface area contributed by atoms with Gasteiger partial charge in [-0.1, -0.05) is 0 Å². The average Bonchev–Trinajstić information content (AvgIpc) is 2.05. The molecule has 1 heterocycles. The van der Waals surface area contributed by atoms with Gasteiger partial charge in [0.25, 0.3) is 0 Å². The van der Waals surface area contributed by atoms with Crippen LogP contribution in [0.4, 0.5) is 0 Å². The van der Waals surface area contributed by atoms with Crippen molar-refractivity contribution in [2.24, 2.45) is 0 Å². The molecule has 3 heteroatoms. The van der Waals surface area contributed by atoms with E-state index in [1.165, 1.54) is 0 Å². The second kappa shape index (κ2) is 2.68. The molecule has 1 aromatic rings. The van der Waals surface area contributed by atoms with Crippen LogP contribution in [0, 0.1) is 0 Å². The van der Waals surface area contributed by atoms with Gasteiger partial charge in [0.2, 0.25) is 0 Å². The molecule has 2 rings (SSSR count). The molecule has 12 heavy (non-hydrogen) atoms. The van der Waals surface area contributed by atoms with Gasteiger partial charge in [0, 0.05) is 5.56 Å². The first kappa shape index (κ1) is 7.43. The number of hydrogen-bond acceptors (Lipinski definition) is 3. The van der Waals surface area contributed by atoms with Crippen LogP contribution >= 0.6 is 0 Å². The number of ether oxygens (including phenoxy) is 2. The summed E-state index contributed by atoms with van der Waals surface area (Å²) in [5.41, 5.74) is 0.896. The van der Waals surface area contributed by atoms with Crippen LogP contribution in [0.1, 0.15) is 12.5 Å². The minimum absolute atomic E-state index is 0.193. The minimum atomic E-state index is -0.193. The predicted molar refractivity (Wildman–Crippen MR) is 43.0 cm³/mol. The number of hydrogen-bond donors (Lipinski definition) is 1. The van der Waals surface area contributed by atoms with Crippen molar-refractivity contribution >= 4 is 0 Å². The van der Waals surface area contributed by atoms with E-state index in [2.05, 4.69) is 0 Å². The molecular formula is C9H10O3. The summed E-state index contributed by atoms with van der Waals surface area (Å²) < 4.78 is 10.6. The Morgan fingerprint density at radius 2 is 2.33 bits per heavy atom. The Morgan fingerprint density at radius 1 is 1.50 bits per heavy atom. The van der Waals surface area contributed by atoms with Crippen molar-refractivity contribution in [1.82, 2.24) is 0 Å². The molecule has 0 spiro atoms. The van der Waals surface area contributed by atoms with E-state index < -0.39 is 0 Å². The van der Waals surface area contributed by atoms with Gasteiger partial charge >= 0.3 is 0 Å². The average molecular weight is 166 g/mol. The summed E-state index contributed by atoms with van der Waals surface area (Å²) in [6.45, 7) is 2.35. The summed E-state index contributed by atoms with van der Waals surface area (Å²) >= 11 is 0. The molecule has 1 unspecified atom stereocenters. The van der Waals surface area contributed by atoms with Gasteiger partial charge in [0.05, 0.1) is 6.61 Å². The molecule has 1 aliphatic rings. The molecular weight excluding hydrogens is 156 g/mol. The van der Waals surface area contributed by atoms with Crippen molar-refractivity contribution in [3.63, 3.8) is 0 Å². The Balaban J connectivity index is 2.37. The summed E-state index contributed by atoms with van der Waals surface area (Å²) in [7, 11) is 0. The van der Waals surface area contributed by atoms with Crippen molar-refractivity contribution < 1.29 is 14.6 Å². The van der Waals surface area contributed by atoms with E-state index in [0.29, 0.717) is 6.61 Å². The van der Waals surface area contributed by atoms with Crippen LogP contribution < -0.4 is 4.74 Å². The maximum absolute atomic E-state index is 9.14. The summed E-state index contributed by atoms with van der Waals surface area (Å²) in [4.78, 5) is 0. The maximum Gasteiger partial charge on any atom is 0.197 e. The van der Waals surface area contributed by atoms with Crippen LogP contribution in [0.15, 0.2) is 18.2 Å².